The van der Waals surface area contributed by atoms with Gasteiger partial charge in [-0.05, 0) is 25.7 Å². The lowest BCUT2D eigenvalue weighted by Gasteiger charge is -2.34. The zero-order valence-electron chi connectivity index (χ0n) is 12.1. The van der Waals surface area contributed by atoms with Gasteiger partial charge in [0.05, 0.1) is 5.69 Å². The molecule has 0 aromatic carbocycles. The van der Waals surface area contributed by atoms with Crippen molar-refractivity contribution in [2.24, 2.45) is 0 Å². The third-order valence-corrected chi connectivity index (χ3v) is 4.43. The summed E-state index contributed by atoms with van der Waals surface area (Å²) in [5.41, 5.74) is 0.342. The van der Waals surface area contributed by atoms with E-state index in [1.165, 1.54) is 19.3 Å². The van der Waals surface area contributed by atoms with E-state index in [-0.39, 0.29) is 5.56 Å². The summed E-state index contributed by atoms with van der Waals surface area (Å²) >= 11 is 0. The Kier molecular flexibility index (Phi) is 3.89. The number of ether oxygens (including phenoxy) is 1. The van der Waals surface area contributed by atoms with Crippen LogP contribution in [-0.2, 0) is 16.9 Å². The Hall–Kier alpha value is -1.20. The van der Waals surface area contributed by atoms with Crippen LogP contribution in [0.1, 0.15) is 56.5 Å². The van der Waals surface area contributed by atoms with E-state index in [0.29, 0.717) is 18.4 Å². The van der Waals surface area contributed by atoms with Crippen molar-refractivity contribution >= 4 is 0 Å². The minimum Gasteiger partial charge on any atom is -0.370 e. The highest BCUT2D eigenvalue weighted by molar-refractivity contribution is 5.10. The highest BCUT2D eigenvalue weighted by atomic mass is 16.5. The molecule has 0 radical (unpaired) electrons. The number of hydrogen-bond donors (Lipinski definition) is 2. The average Bonchev–Trinajstić information content (AvgIpc) is 3.29. The van der Waals surface area contributed by atoms with Crippen LogP contribution in [0.25, 0.3) is 0 Å². The molecule has 5 nitrogen and oxygen atoms in total. The van der Waals surface area contributed by atoms with E-state index < -0.39 is 5.60 Å². The highest BCUT2D eigenvalue weighted by Gasteiger charge is 2.36. The van der Waals surface area contributed by atoms with Gasteiger partial charge >= 0.3 is 0 Å². The molecule has 1 aromatic rings. The molecule has 2 saturated carbocycles. The Morgan fingerprint density at radius 2 is 2.15 bits per heavy atom. The van der Waals surface area contributed by atoms with Crippen molar-refractivity contribution in [3.8, 4) is 0 Å². The van der Waals surface area contributed by atoms with Crippen LogP contribution in [0.15, 0.2) is 10.9 Å². The van der Waals surface area contributed by atoms with Gasteiger partial charge in [-0.15, -0.1) is 0 Å². The van der Waals surface area contributed by atoms with Crippen LogP contribution < -0.4 is 10.9 Å². The van der Waals surface area contributed by atoms with Crippen LogP contribution in [-0.4, -0.2) is 23.1 Å². The van der Waals surface area contributed by atoms with Gasteiger partial charge in [0.25, 0.3) is 5.56 Å². The van der Waals surface area contributed by atoms with Crippen molar-refractivity contribution in [1.82, 2.24) is 15.3 Å². The zero-order valence-corrected chi connectivity index (χ0v) is 12.1. The molecular formula is C15H23N3O2. The predicted octanol–water partition coefficient (Wildman–Crippen LogP) is 1.83. The monoisotopic (exact) mass is 277 g/mol. The number of nitrogens with one attached hydrogen (secondary N) is 2. The zero-order chi connectivity index (χ0) is 14.0. The summed E-state index contributed by atoms with van der Waals surface area (Å²) in [5.74, 6) is 0.708. The van der Waals surface area contributed by atoms with Gasteiger partial charge in [0.15, 0.2) is 0 Å². The summed E-state index contributed by atoms with van der Waals surface area (Å²) in [4.78, 5) is 19.4. The van der Waals surface area contributed by atoms with E-state index in [1.807, 2.05) is 0 Å². The fraction of sp³-hybridized carbons (Fsp3) is 0.733. The average molecular weight is 277 g/mol. The number of nitrogens with zero attached hydrogens (tertiary/aromatic N) is 1. The Bertz CT molecular complexity index is 516. The van der Waals surface area contributed by atoms with Gasteiger partial charge in [-0.1, -0.05) is 19.3 Å². The van der Waals surface area contributed by atoms with Crippen molar-refractivity contribution in [2.75, 3.05) is 7.11 Å². The van der Waals surface area contributed by atoms with Gasteiger partial charge in [0.1, 0.15) is 11.4 Å². The van der Waals surface area contributed by atoms with E-state index in [0.717, 1.165) is 31.4 Å². The van der Waals surface area contributed by atoms with Gasteiger partial charge in [-0.25, -0.2) is 4.98 Å². The summed E-state index contributed by atoms with van der Waals surface area (Å²) in [6.45, 7) is 0.668. The largest absolute Gasteiger partial charge is 0.370 e. The summed E-state index contributed by atoms with van der Waals surface area (Å²) in [6.07, 6.45) is 7.83. The number of rotatable bonds is 5. The second-order valence-electron chi connectivity index (χ2n) is 6.00. The molecule has 0 spiro atoms. The van der Waals surface area contributed by atoms with Crippen LogP contribution in [0.3, 0.4) is 0 Å². The standard InChI is InChI=1S/C15H23N3O2/c1-20-15(7-3-2-4-8-15)14-17-12(9-13(19)18-14)10-16-11-5-6-11/h9,11,16H,2-8,10H2,1H3,(H,17,18,19). The molecule has 0 unspecified atom stereocenters. The summed E-state index contributed by atoms with van der Waals surface area (Å²) < 4.78 is 5.76. The molecule has 1 heterocycles. The number of aromatic amines is 1. The van der Waals surface area contributed by atoms with Crippen molar-refractivity contribution in [3.05, 3.63) is 27.9 Å². The predicted molar refractivity (Wildman–Crippen MR) is 76.5 cm³/mol. The maximum Gasteiger partial charge on any atom is 0.251 e. The topological polar surface area (TPSA) is 67.0 Å². The molecule has 110 valence electrons. The molecular weight excluding hydrogens is 254 g/mol. The van der Waals surface area contributed by atoms with Gasteiger partial charge in [-0.2, -0.15) is 0 Å². The lowest BCUT2D eigenvalue weighted by molar-refractivity contribution is -0.0518. The lowest BCUT2D eigenvalue weighted by Crippen LogP contribution is -2.35. The SMILES string of the molecule is COC1(c2nc(CNC3CC3)cc(=O)[nH]2)CCCCC1. The molecule has 0 bridgehead atoms. The van der Waals surface area contributed by atoms with Crippen LogP contribution in [0.5, 0.6) is 0 Å². The maximum atomic E-state index is 11.9. The minimum atomic E-state index is -0.396. The first kappa shape index (κ1) is 13.8. The molecule has 2 fully saturated rings. The fourth-order valence-corrected chi connectivity index (χ4v) is 3.01. The Morgan fingerprint density at radius 3 is 2.80 bits per heavy atom. The van der Waals surface area contributed by atoms with Crippen LogP contribution in [0, 0.1) is 0 Å². The van der Waals surface area contributed by atoms with Crippen molar-refractivity contribution in [1.29, 1.82) is 0 Å². The van der Waals surface area contributed by atoms with Crippen LogP contribution in [0.2, 0.25) is 0 Å². The smallest absolute Gasteiger partial charge is 0.251 e. The number of H-pyrrole nitrogens is 1. The lowest BCUT2D eigenvalue weighted by atomic mass is 9.84. The number of hydrogen-bond acceptors (Lipinski definition) is 4. The molecule has 0 atom stereocenters. The Labute approximate surface area is 119 Å². The molecule has 0 amide bonds. The molecule has 1 aromatic heterocycles. The third-order valence-electron chi connectivity index (χ3n) is 4.43. The van der Waals surface area contributed by atoms with Gasteiger partial charge in [0, 0.05) is 25.8 Å². The summed E-state index contributed by atoms with van der Waals surface area (Å²) in [7, 11) is 1.72. The van der Waals surface area contributed by atoms with Gasteiger partial charge in [0.2, 0.25) is 0 Å². The summed E-state index contributed by atoms with van der Waals surface area (Å²) in [6, 6.07) is 2.20. The molecule has 2 aliphatic rings. The Balaban J connectivity index is 1.84. The van der Waals surface area contributed by atoms with Crippen molar-refractivity contribution < 1.29 is 4.74 Å². The van der Waals surface area contributed by atoms with Gasteiger partial charge in [-0.3, -0.25) is 4.79 Å². The van der Waals surface area contributed by atoms with Crippen molar-refractivity contribution in [2.45, 2.75) is 63.1 Å². The third kappa shape index (κ3) is 2.94. The van der Waals surface area contributed by atoms with E-state index >= 15 is 0 Å². The fourth-order valence-electron chi connectivity index (χ4n) is 3.01. The van der Waals surface area contributed by atoms with Crippen LogP contribution >= 0.6 is 0 Å². The first-order valence-electron chi connectivity index (χ1n) is 7.61. The molecule has 0 aliphatic heterocycles. The molecule has 20 heavy (non-hydrogen) atoms. The second kappa shape index (κ2) is 5.66. The minimum absolute atomic E-state index is 0.0791. The summed E-state index contributed by atoms with van der Waals surface area (Å²) in [5, 5.41) is 3.40. The molecule has 3 rings (SSSR count). The van der Waals surface area contributed by atoms with E-state index in [4.69, 9.17) is 4.74 Å². The highest BCUT2D eigenvalue weighted by Crippen LogP contribution is 2.37. The van der Waals surface area contributed by atoms with Crippen molar-refractivity contribution in [3.63, 3.8) is 0 Å². The maximum absolute atomic E-state index is 11.9. The van der Waals surface area contributed by atoms with Gasteiger partial charge < -0.3 is 15.0 Å². The first-order valence-corrected chi connectivity index (χ1v) is 7.61. The molecule has 2 aliphatic carbocycles. The second-order valence-corrected chi connectivity index (χ2v) is 6.00. The first-order chi connectivity index (χ1) is 9.72. The van der Waals surface area contributed by atoms with E-state index in [2.05, 4.69) is 15.3 Å². The number of methoxy groups -OCH3 is 1. The molecule has 2 N–H and O–H groups in total. The number of aromatic nitrogens is 2. The molecule has 5 heteroatoms. The molecule has 0 saturated heterocycles. The quantitative estimate of drug-likeness (QED) is 0.861. The normalized spacial score (nSPS) is 21.9. The van der Waals surface area contributed by atoms with E-state index in [9.17, 15) is 4.79 Å². The van der Waals surface area contributed by atoms with Crippen LogP contribution in [0.4, 0.5) is 0 Å². The van der Waals surface area contributed by atoms with E-state index in [1.54, 1.807) is 13.2 Å². The Morgan fingerprint density at radius 1 is 1.40 bits per heavy atom.